The van der Waals surface area contributed by atoms with E-state index in [4.69, 9.17) is 4.74 Å². The smallest absolute Gasteiger partial charge is 0.275 e. The van der Waals surface area contributed by atoms with Gasteiger partial charge in [-0.1, -0.05) is 26.0 Å². The first-order valence-corrected chi connectivity index (χ1v) is 11.9. The van der Waals surface area contributed by atoms with E-state index >= 15 is 0 Å². The number of nitrogens with zero attached hydrogens (tertiary/aromatic N) is 3. The quantitative estimate of drug-likeness (QED) is 0.617. The minimum Gasteiger partial charge on any atom is -0.379 e. The number of rotatable bonds is 6. The van der Waals surface area contributed by atoms with Crippen molar-refractivity contribution in [1.29, 1.82) is 0 Å². The first-order chi connectivity index (χ1) is 15.3. The van der Waals surface area contributed by atoms with E-state index in [1.807, 2.05) is 24.3 Å². The van der Waals surface area contributed by atoms with Crippen LogP contribution in [0.25, 0.3) is 5.69 Å². The SMILES string of the molecule is CC(C)c1ccc(NC(=O)c2cn(-c3ccc(S(=O)(=O)N4CCOCC4)cc3)cn2)cc1. The van der Waals surface area contributed by atoms with Gasteiger partial charge in [0, 0.05) is 30.7 Å². The fourth-order valence-corrected chi connectivity index (χ4v) is 4.86. The second-order valence-corrected chi connectivity index (χ2v) is 9.85. The van der Waals surface area contributed by atoms with Crippen molar-refractivity contribution in [3.63, 3.8) is 0 Å². The van der Waals surface area contributed by atoms with Gasteiger partial charge in [-0.2, -0.15) is 4.31 Å². The standard InChI is InChI=1S/C23H26N4O4S/c1-17(2)18-3-5-19(6-4-18)25-23(28)22-15-26(16-24-22)20-7-9-21(10-8-20)32(29,30)27-11-13-31-14-12-27/h3-10,15-17H,11-14H2,1-2H3,(H,25,28). The predicted molar refractivity (Wildman–Crippen MR) is 122 cm³/mol. The third-order valence-corrected chi connectivity index (χ3v) is 7.31. The number of ether oxygens (including phenoxy) is 1. The van der Waals surface area contributed by atoms with Crippen molar-refractivity contribution in [2.45, 2.75) is 24.7 Å². The minimum absolute atomic E-state index is 0.228. The average Bonchev–Trinajstić information content (AvgIpc) is 3.31. The van der Waals surface area contributed by atoms with Crippen LogP contribution in [0.4, 0.5) is 5.69 Å². The molecule has 1 aliphatic heterocycles. The number of aromatic nitrogens is 2. The molecule has 1 N–H and O–H groups in total. The number of imidazole rings is 1. The van der Waals surface area contributed by atoms with Crippen LogP contribution >= 0.6 is 0 Å². The molecule has 0 aliphatic carbocycles. The number of benzene rings is 2. The third-order valence-electron chi connectivity index (χ3n) is 5.39. The summed E-state index contributed by atoms with van der Waals surface area (Å²) in [7, 11) is -3.55. The zero-order valence-corrected chi connectivity index (χ0v) is 18.9. The van der Waals surface area contributed by atoms with Gasteiger partial charge in [-0.05, 0) is 47.9 Å². The lowest BCUT2D eigenvalue weighted by molar-refractivity contribution is 0.0730. The summed E-state index contributed by atoms with van der Waals surface area (Å²) in [6.07, 6.45) is 3.14. The van der Waals surface area contributed by atoms with Gasteiger partial charge in [0.1, 0.15) is 12.0 Å². The number of morpholine rings is 1. The van der Waals surface area contributed by atoms with Gasteiger partial charge in [0.05, 0.1) is 18.1 Å². The number of nitrogens with one attached hydrogen (secondary N) is 1. The highest BCUT2D eigenvalue weighted by molar-refractivity contribution is 7.89. The molecule has 0 unspecified atom stereocenters. The Labute approximate surface area is 187 Å². The maximum atomic E-state index is 12.8. The normalized spacial score (nSPS) is 15.1. The van der Waals surface area contributed by atoms with Crippen LogP contribution in [0.3, 0.4) is 0 Å². The molecule has 2 aromatic carbocycles. The largest absolute Gasteiger partial charge is 0.379 e. The Kier molecular flexibility index (Phi) is 6.40. The molecule has 8 nitrogen and oxygen atoms in total. The summed E-state index contributed by atoms with van der Waals surface area (Å²) >= 11 is 0. The van der Waals surface area contributed by atoms with E-state index in [9.17, 15) is 13.2 Å². The Morgan fingerprint density at radius 3 is 2.31 bits per heavy atom. The molecule has 0 bridgehead atoms. The maximum Gasteiger partial charge on any atom is 0.275 e. The number of sulfonamides is 1. The number of hydrogen-bond acceptors (Lipinski definition) is 5. The van der Waals surface area contributed by atoms with E-state index in [2.05, 4.69) is 24.1 Å². The number of anilines is 1. The molecule has 168 valence electrons. The molecule has 9 heteroatoms. The Morgan fingerprint density at radius 2 is 1.69 bits per heavy atom. The Morgan fingerprint density at radius 1 is 1.03 bits per heavy atom. The summed E-state index contributed by atoms with van der Waals surface area (Å²) in [6, 6.07) is 14.3. The second kappa shape index (κ2) is 9.23. The summed E-state index contributed by atoms with van der Waals surface area (Å²) in [5.41, 5.74) is 2.87. The summed E-state index contributed by atoms with van der Waals surface area (Å²) in [5.74, 6) is 0.109. The molecule has 2 heterocycles. The molecule has 0 saturated carbocycles. The summed E-state index contributed by atoms with van der Waals surface area (Å²) in [5, 5.41) is 2.84. The molecule has 32 heavy (non-hydrogen) atoms. The summed E-state index contributed by atoms with van der Waals surface area (Å²) in [4.78, 5) is 17.0. The third kappa shape index (κ3) is 4.74. The zero-order chi connectivity index (χ0) is 22.7. The van der Waals surface area contributed by atoms with Crippen LogP contribution in [0.1, 0.15) is 35.8 Å². The monoisotopic (exact) mass is 454 g/mol. The number of hydrogen-bond donors (Lipinski definition) is 1. The first-order valence-electron chi connectivity index (χ1n) is 10.5. The molecule has 3 aromatic rings. The topological polar surface area (TPSA) is 93.5 Å². The Hall–Kier alpha value is -3.01. The predicted octanol–water partition coefficient (Wildman–Crippen LogP) is 3.27. The van der Waals surface area contributed by atoms with Gasteiger partial charge >= 0.3 is 0 Å². The molecule has 1 fully saturated rings. The van der Waals surface area contributed by atoms with Crippen molar-refractivity contribution < 1.29 is 17.9 Å². The van der Waals surface area contributed by atoms with Crippen LogP contribution < -0.4 is 5.32 Å². The van der Waals surface area contributed by atoms with Crippen molar-refractivity contribution in [3.05, 3.63) is 72.3 Å². The van der Waals surface area contributed by atoms with Gasteiger partial charge < -0.3 is 14.6 Å². The Bertz CT molecular complexity index is 1180. The maximum absolute atomic E-state index is 12.8. The lowest BCUT2D eigenvalue weighted by Gasteiger charge is -2.26. The van der Waals surface area contributed by atoms with Gasteiger partial charge in [0.25, 0.3) is 5.91 Å². The van der Waals surface area contributed by atoms with Crippen molar-refractivity contribution >= 4 is 21.6 Å². The van der Waals surface area contributed by atoms with Crippen LogP contribution in [0.2, 0.25) is 0 Å². The Balaban J connectivity index is 1.45. The first kappa shape index (κ1) is 22.2. The molecule has 1 aromatic heterocycles. The molecule has 0 spiro atoms. The fourth-order valence-electron chi connectivity index (χ4n) is 3.45. The lowest BCUT2D eigenvalue weighted by Crippen LogP contribution is -2.40. The van der Waals surface area contributed by atoms with Gasteiger partial charge in [-0.25, -0.2) is 13.4 Å². The minimum atomic E-state index is -3.55. The van der Waals surface area contributed by atoms with Crippen molar-refractivity contribution in [2.24, 2.45) is 0 Å². The number of carbonyl (C=O) groups is 1. The summed E-state index contributed by atoms with van der Waals surface area (Å²) in [6.45, 7) is 5.74. The molecule has 1 amide bonds. The van der Waals surface area contributed by atoms with Gasteiger partial charge in [-0.15, -0.1) is 0 Å². The highest BCUT2D eigenvalue weighted by Crippen LogP contribution is 2.20. The highest BCUT2D eigenvalue weighted by atomic mass is 32.2. The van der Waals surface area contributed by atoms with Crippen LogP contribution in [-0.4, -0.2) is 54.5 Å². The number of carbonyl (C=O) groups excluding carboxylic acids is 1. The van der Waals surface area contributed by atoms with Gasteiger partial charge in [0.2, 0.25) is 10.0 Å². The zero-order valence-electron chi connectivity index (χ0n) is 18.1. The van der Waals surface area contributed by atoms with Crippen LogP contribution in [-0.2, 0) is 14.8 Å². The van der Waals surface area contributed by atoms with Crippen molar-refractivity contribution in [1.82, 2.24) is 13.9 Å². The summed E-state index contributed by atoms with van der Waals surface area (Å²) < 4.78 is 33.9. The van der Waals surface area contributed by atoms with E-state index < -0.39 is 10.0 Å². The molecule has 1 aliphatic rings. The van der Waals surface area contributed by atoms with Gasteiger partial charge in [-0.3, -0.25) is 4.79 Å². The van der Waals surface area contributed by atoms with E-state index in [-0.39, 0.29) is 16.5 Å². The highest BCUT2D eigenvalue weighted by Gasteiger charge is 2.26. The van der Waals surface area contributed by atoms with E-state index in [0.717, 1.165) is 0 Å². The van der Waals surface area contributed by atoms with Crippen molar-refractivity contribution in [3.8, 4) is 5.69 Å². The fraction of sp³-hybridized carbons (Fsp3) is 0.304. The van der Waals surface area contributed by atoms with E-state index in [1.165, 1.54) is 16.2 Å². The molecule has 4 rings (SSSR count). The van der Waals surface area contributed by atoms with E-state index in [1.54, 1.807) is 35.0 Å². The lowest BCUT2D eigenvalue weighted by atomic mass is 10.0. The second-order valence-electron chi connectivity index (χ2n) is 7.91. The van der Waals surface area contributed by atoms with Crippen LogP contribution in [0, 0.1) is 0 Å². The number of amides is 1. The van der Waals surface area contributed by atoms with E-state index in [0.29, 0.717) is 43.6 Å². The molecule has 0 radical (unpaired) electrons. The molecular formula is C23H26N4O4S. The van der Waals surface area contributed by atoms with Gasteiger partial charge in [0.15, 0.2) is 0 Å². The average molecular weight is 455 g/mol. The van der Waals surface area contributed by atoms with Crippen LogP contribution in [0.5, 0.6) is 0 Å². The molecular weight excluding hydrogens is 428 g/mol. The van der Waals surface area contributed by atoms with Crippen molar-refractivity contribution in [2.75, 3.05) is 31.6 Å². The molecule has 0 atom stereocenters. The molecule has 1 saturated heterocycles. The van der Waals surface area contributed by atoms with Crippen LogP contribution in [0.15, 0.2) is 66.0 Å².